The fourth-order valence-corrected chi connectivity index (χ4v) is 3.02. The first-order valence-corrected chi connectivity index (χ1v) is 8.98. The predicted octanol–water partition coefficient (Wildman–Crippen LogP) is 3.94. The third-order valence-electron chi connectivity index (χ3n) is 4.47. The summed E-state index contributed by atoms with van der Waals surface area (Å²) in [6.07, 6.45) is -1.67. The molecule has 1 aliphatic heterocycles. The minimum Gasteiger partial charge on any atom is -0.406 e. The van der Waals surface area contributed by atoms with Gasteiger partial charge in [-0.3, -0.25) is 9.69 Å². The van der Waals surface area contributed by atoms with Gasteiger partial charge in [0.2, 0.25) is 5.91 Å². The number of hydrogen-bond donors (Lipinski definition) is 0. The Hall–Kier alpha value is -2.80. The molecule has 1 fully saturated rings. The summed E-state index contributed by atoms with van der Waals surface area (Å²) >= 11 is 0. The molecule has 0 radical (unpaired) electrons. The van der Waals surface area contributed by atoms with Crippen molar-refractivity contribution in [3.63, 3.8) is 0 Å². The number of carbonyl (C=O) groups is 1. The fraction of sp³-hybridized carbons (Fsp3) is 0.286. The predicted molar refractivity (Wildman–Crippen MR) is 100 cm³/mol. The van der Waals surface area contributed by atoms with Crippen LogP contribution >= 0.6 is 0 Å². The number of amides is 1. The summed E-state index contributed by atoms with van der Waals surface area (Å²) in [5.74, 6) is -0.388. The summed E-state index contributed by atoms with van der Waals surface area (Å²) in [6.45, 7) is 3.77. The monoisotopic (exact) mass is 390 g/mol. The second-order valence-electron chi connectivity index (χ2n) is 6.54. The number of alkyl halides is 3. The van der Waals surface area contributed by atoms with Crippen molar-refractivity contribution in [3.05, 3.63) is 71.8 Å². The third-order valence-corrected chi connectivity index (χ3v) is 4.47. The maximum absolute atomic E-state index is 12.3. The molecule has 0 saturated carbocycles. The van der Waals surface area contributed by atoms with E-state index in [1.807, 2.05) is 18.2 Å². The summed E-state index contributed by atoms with van der Waals surface area (Å²) in [7, 11) is 0. The standard InChI is InChI=1S/C21H21F3N2O2/c22-21(23,24)28-19-9-6-17(7-10-19)8-11-20(27)26-14-12-25(13-15-26)16-18-4-2-1-3-5-18/h1-11H,12-16H2. The van der Waals surface area contributed by atoms with Crippen molar-refractivity contribution in [1.29, 1.82) is 0 Å². The number of hydrogen-bond acceptors (Lipinski definition) is 3. The van der Waals surface area contributed by atoms with Crippen molar-refractivity contribution in [2.24, 2.45) is 0 Å². The Morgan fingerprint density at radius 2 is 1.61 bits per heavy atom. The van der Waals surface area contributed by atoms with Crippen LogP contribution in [0.1, 0.15) is 11.1 Å². The van der Waals surface area contributed by atoms with Gasteiger partial charge in [-0.25, -0.2) is 0 Å². The summed E-state index contributed by atoms with van der Waals surface area (Å²) in [4.78, 5) is 16.4. The number of carbonyl (C=O) groups excluding carboxylic acids is 1. The van der Waals surface area contributed by atoms with Gasteiger partial charge in [0.05, 0.1) is 0 Å². The van der Waals surface area contributed by atoms with Gasteiger partial charge >= 0.3 is 6.36 Å². The topological polar surface area (TPSA) is 32.8 Å². The van der Waals surface area contributed by atoms with Gasteiger partial charge < -0.3 is 9.64 Å². The minimum atomic E-state index is -4.71. The van der Waals surface area contributed by atoms with Crippen LogP contribution in [0.5, 0.6) is 5.75 Å². The fourth-order valence-electron chi connectivity index (χ4n) is 3.02. The molecule has 148 valence electrons. The number of ether oxygens (including phenoxy) is 1. The second-order valence-corrected chi connectivity index (χ2v) is 6.54. The lowest BCUT2D eigenvalue weighted by Crippen LogP contribution is -2.47. The molecule has 3 rings (SSSR count). The lowest BCUT2D eigenvalue weighted by molar-refractivity contribution is -0.274. The van der Waals surface area contributed by atoms with Gasteiger partial charge in [0, 0.05) is 38.8 Å². The molecular formula is C21H21F3N2O2. The zero-order valence-corrected chi connectivity index (χ0v) is 15.2. The van der Waals surface area contributed by atoms with Crippen molar-refractivity contribution in [1.82, 2.24) is 9.80 Å². The Morgan fingerprint density at radius 1 is 0.964 bits per heavy atom. The molecule has 28 heavy (non-hydrogen) atoms. The zero-order chi connectivity index (χ0) is 20.0. The molecule has 0 bridgehead atoms. The first-order chi connectivity index (χ1) is 13.4. The molecule has 1 aliphatic rings. The second kappa shape index (κ2) is 8.93. The van der Waals surface area contributed by atoms with Crippen LogP contribution in [0.3, 0.4) is 0 Å². The zero-order valence-electron chi connectivity index (χ0n) is 15.2. The molecule has 1 heterocycles. The van der Waals surface area contributed by atoms with Crippen LogP contribution in [0.4, 0.5) is 13.2 Å². The van der Waals surface area contributed by atoms with Crippen LogP contribution in [0.25, 0.3) is 6.08 Å². The number of nitrogens with zero attached hydrogens (tertiary/aromatic N) is 2. The molecule has 0 aromatic heterocycles. The van der Waals surface area contributed by atoms with E-state index < -0.39 is 6.36 Å². The van der Waals surface area contributed by atoms with Crippen LogP contribution in [-0.4, -0.2) is 48.2 Å². The lowest BCUT2D eigenvalue weighted by Gasteiger charge is -2.34. The molecule has 0 unspecified atom stereocenters. The Kier molecular flexibility index (Phi) is 6.36. The van der Waals surface area contributed by atoms with E-state index in [-0.39, 0.29) is 11.7 Å². The highest BCUT2D eigenvalue weighted by Gasteiger charge is 2.30. The van der Waals surface area contributed by atoms with Gasteiger partial charge in [0.15, 0.2) is 0 Å². The molecule has 1 saturated heterocycles. The maximum Gasteiger partial charge on any atom is 0.573 e. The first-order valence-electron chi connectivity index (χ1n) is 8.98. The molecule has 2 aromatic rings. The molecule has 2 aromatic carbocycles. The number of rotatable bonds is 5. The van der Waals surface area contributed by atoms with E-state index in [1.165, 1.54) is 35.9 Å². The van der Waals surface area contributed by atoms with Crippen LogP contribution in [0.2, 0.25) is 0 Å². The highest BCUT2D eigenvalue weighted by Crippen LogP contribution is 2.23. The third kappa shape index (κ3) is 6.13. The SMILES string of the molecule is O=C(C=Cc1ccc(OC(F)(F)F)cc1)N1CCN(Cc2ccccc2)CC1. The average Bonchev–Trinajstić information content (AvgIpc) is 2.67. The van der Waals surface area contributed by atoms with E-state index in [2.05, 4.69) is 21.8 Å². The number of piperazine rings is 1. The normalized spacial score (nSPS) is 15.8. The number of benzene rings is 2. The van der Waals surface area contributed by atoms with Gasteiger partial charge in [0.1, 0.15) is 5.75 Å². The van der Waals surface area contributed by atoms with Crippen molar-refractivity contribution in [2.75, 3.05) is 26.2 Å². The van der Waals surface area contributed by atoms with Crippen molar-refractivity contribution < 1.29 is 22.7 Å². The van der Waals surface area contributed by atoms with Gasteiger partial charge in [-0.15, -0.1) is 13.2 Å². The van der Waals surface area contributed by atoms with E-state index in [4.69, 9.17) is 0 Å². The summed E-state index contributed by atoms with van der Waals surface area (Å²) in [6, 6.07) is 15.6. The maximum atomic E-state index is 12.3. The smallest absolute Gasteiger partial charge is 0.406 e. The van der Waals surface area contributed by atoms with Crippen LogP contribution in [-0.2, 0) is 11.3 Å². The van der Waals surface area contributed by atoms with Gasteiger partial charge in [0.25, 0.3) is 0 Å². The van der Waals surface area contributed by atoms with E-state index in [0.717, 1.165) is 19.6 Å². The molecule has 0 atom stereocenters. The van der Waals surface area contributed by atoms with E-state index in [0.29, 0.717) is 18.7 Å². The highest BCUT2D eigenvalue weighted by molar-refractivity contribution is 5.91. The average molecular weight is 390 g/mol. The minimum absolute atomic E-state index is 0.102. The molecule has 7 heteroatoms. The van der Waals surface area contributed by atoms with E-state index >= 15 is 0 Å². The van der Waals surface area contributed by atoms with Crippen LogP contribution in [0, 0.1) is 0 Å². The van der Waals surface area contributed by atoms with Gasteiger partial charge in [-0.05, 0) is 29.3 Å². The Bertz CT molecular complexity index is 797. The summed E-state index contributed by atoms with van der Waals surface area (Å²) in [5.41, 5.74) is 1.88. The van der Waals surface area contributed by atoms with Crippen LogP contribution < -0.4 is 4.74 Å². The molecular weight excluding hydrogens is 369 g/mol. The number of halogens is 3. The molecule has 1 amide bonds. The van der Waals surface area contributed by atoms with Crippen molar-refractivity contribution in [3.8, 4) is 5.75 Å². The first kappa shape index (κ1) is 19.9. The van der Waals surface area contributed by atoms with Gasteiger partial charge in [-0.2, -0.15) is 0 Å². The molecule has 0 N–H and O–H groups in total. The quantitative estimate of drug-likeness (QED) is 0.725. The van der Waals surface area contributed by atoms with Gasteiger partial charge in [-0.1, -0.05) is 42.5 Å². The Balaban J connectivity index is 1.47. The Morgan fingerprint density at radius 3 is 2.21 bits per heavy atom. The molecule has 4 nitrogen and oxygen atoms in total. The van der Waals surface area contributed by atoms with Crippen LogP contribution in [0.15, 0.2) is 60.7 Å². The molecule has 0 aliphatic carbocycles. The highest BCUT2D eigenvalue weighted by atomic mass is 19.4. The van der Waals surface area contributed by atoms with Crippen molar-refractivity contribution in [2.45, 2.75) is 12.9 Å². The van der Waals surface area contributed by atoms with E-state index in [9.17, 15) is 18.0 Å². The van der Waals surface area contributed by atoms with E-state index in [1.54, 1.807) is 11.0 Å². The summed E-state index contributed by atoms with van der Waals surface area (Å²) < 4.78 is 40.3. The lowest BCUT2D eigenvalue weighted by atomic mass is 10.2. The molecule has 0 spiro atoms. The van der Waals surface area contributed by atoms with Crippen molar-refractivity contribution >= 4 is 12.0 Å². The summed E-state index contributed by atoms with van der Waals surface area (Å²) in [5, 5.41) is 0. The Labute approximate surface area is 161 Å². The largest absolute Gasteiger partial charge is 0.573 e.